The van der Waals surface area contributed by atoms with E-state index < -0.39 is 12.0 Å². The number of nitriles is 1. The molecule has 7 nitrogen and oxygen atoms in total. The molecule has 1 atom stereocenters. The van der Waals surface area contributed by atoms with Crippen molar-refractivity contribution in [3.05, 3.63) is 41.1 Å². The quantitative estimate of drug-likeness (QED) is 0.792. The number of hydrogen-bond acceptors (Lipinski definition) is 5. The summed E-state index contributed by atoms with van der Waals surface area (Å²) in [6.45, 7) is 3.77. The van der Waals surface area contributed by atoms with E-state index >= 15 is 0 Å². The van der Waals surface area contributed by atoms with Gasteiger partial charge in [-0.1, -0.05) is 12.1 Å². The van der Waals surface area contributed by atoms with Crippen LogP contribution in [0.15, 0.2) is 35.5 Å². The highest BCUT2D eigenvalue weighted by molar-refractivity contribution is 5.95. The van der Waals surface area contributed by atoms with Crippen molar-refractivity contribution in [2.45, 2.75) is 38.8 Å². The van der Waals surface area contributed by atoms with Crippen LogP contribution in [0.4, 0.5) is 4.79 Å². The molecule has 0 aromatic heterocycles. The molecule has 26 heavy (non-hydrogen) atoms. The SMILES string of the molecule is CCOC(=O)C1=C(C)N(C2CC2)C(=O)N[C@H]1c1ccc(OCC#N)cc1. The van der Waals surface area contributed by atoms with Crippen LogP contribution >= 0.6 is 0 Å². The Kier molecular flexibility index (Phi) is 5.12. The third-order valence-electron chi connectivity index (χ3n) is 4.45. The van der Waals surface area contributed by atoms with Crippen LogP contribution in [0.5, 0.6) is 5.75 Å². The van der Waals surface area contributed by atoms with Crippen LogP contribution in [0, 0.1) is 11.3 Å². The summed E-state index contributed by atoms with van der Waals surface area (Å²) in [5, 5.41) is 11.5. The molecule has 0 bridgehead atoms. The van der Waals surface area contributed by atoms with Gasteiger partial charge in [-0.05, 0) is 44.4 Å². The van der Waals surface area contributed by atoms with Gasteiger partial charge in [-0.25, -0.2) is 9.59 Å². The lowest BCUT2D eigenvalue weighted by Crippen LogP contribution is -2.48. The Morgan fingerprint density at radius 1 is 1.35 bits per heavy atom. The first-order chi connectivity index (χ1) is 12.6. The van der Waals surface area contributed by atoms with Crippen LogP contribution in [-0.4, -0.2) is 36.2 Å². The number of ether oxygens (including phenoxy) is 2. The largest absolute Gasteiger partial charge is 0.479 e. The summed E-state index contributed by atoms with van der Waals surface area (Å²) >= 11 is 0. The number of carbonyl (C=O) groups excluding carboxylic acids is 2. The molecule has 1 fully saturated rings. The molecule has 0 spiro atoms. The fraction of sp³-hybridized carbons (Fsp3) is 0.421. The number of benzene rings is 1. The number of nitrogens with one attached hydrogen (secondary N) is 1. The van der Waals surface area contributed by atoms with Crippen LogP contribution in [0.2, 0.25) is 0 Å². The average molecular weight is 355 g/mol. The first-order valence-electron chi connectivity index (χ1n) is 8.64. The third kappa shape index (κ3) is 3.49. The molecule has 0 unspecified atom stereocenters. The first kappa shape index (κ1) is 17.8. The van der Waals surface area contributed by atoms with Crippen LogP contribution < -0.4 is 10.1 Å². The van der Waals surface area contributed by atoms with Crippen molar-refractivity contribution >= 4 is 12.0 Å². The van der Waals surface area contributed by atoms with Crippen molar-refractivity contribution in [1.29, 1.82) is 5.26 Å². The predicted octanol–water partition coefficient (Wildman–Crippen LogP) is 2.65. The first-order valence-corrected chi connectivity index (χ1v) is 8.64. The third-order valence-corrected chi connectivity index (χ3v) is 4.45. The lowest BCUT2D eigenvalue weighted by atomic mass is 9.94. The van der Waals surface area contributed by atoms with Crippen LogP contribution in [-0.2, 0) is 9.53 Å². The van der Waals surface area contributed by atoms with Crippen LogP contribution in [0.3, 0.4) is 0 Å². The Bertz CT molecular complexity index is 775. The minimum atomic E-state index is -0.582. The second-order valence-electron chi connectivity index (χ2n) is 6.22. The Balaban J connectivity index is 1.94. The van der Waals surface area contributed by atoms with Gasteiger partial charge >= 0.3 is 12.0 Å². The zero-order valence-corrected chi connectivity index (χ0v) is 14.8. The molecule has 0 saturated heterocycles. The van der Waals surface area contributed by atoms with E-state index in [1.165, 1.54) is 0 Å². The van der Waals surface area contributed by atoms with Crippen LogP contribution in [0.25, 0.3) is 0 Å². The monoisotopic (exact) mass is 355 g/mol. The Morgan fingerprint density at radius 2 is 2.04 bits per heavy atom. The summed E-state index contributed by atoms with van der Waals surface area (Å²) in [6.07, 6.45) is 1.88. The molecule has 1 aliphatic carbocycles. The molecule has 2 amide bonds. The number of esters is 1. The normalized spacial score (nSPS) is 19.7. The second kappa shape index (κ2) is 7.48. The van der Waals surface area contributed by atoms with Gasteiger partial charge in [0, 0.05) is 11.7 Å². The summed E-state index contributed by atoms with van der Waals surface area (Å²) in [5.74, 6) is 0.126. The van der Waals surface area contributed by atoms with Gasteiger partial charge in [-0.3, -0.25) is 4.90 Å². The fourth-order valence-corrected chi connectivity index (χ4v) is 3.13. The maximum atomic E-state index is 12.6. The second-order valence-corrected chi connectivity index (χ2v) is 6.22. The molecule has 0 radical (unpaired) electrons. The molecular formula is C19H21N3O4. The van der Waals surface area contributed by atoms with Crippen LogP contribution in [0.1, 0.15) is 38.3 Å². The smallest absolute Gasteiger partial charge is 0.338 e. The molecule has 3 rings (SSSR count). The van der Waals surface area contributed by atoms with Gasteiger partial charge in [0.05, 0.1) is 18.2 Å². The summed E-state index contributed by atoms with van der Waals surface area (Å²) in [4.78, 5) is 26.8. The summed E-state index contributed by atoms with van der Waals surface area (Å²) in [7, 11) is 0. The molecule has 1 aliphatic heterocycles. The Hall–Kier alpha value is -3.01. The van der Waals surface area contributed by atoms with E-state index in [2.05, 4.69) is 5.32 Å². The van der Waals surface area contributed by atoms with E-state index in [0.717, 1.165) is 18.4 Å². The minimum absolute atomic E-state index is 0.0387. The summed E-state index contributed by atoms with van der Waals surface area (Å²) < 4.78 is 10.5. The molecule has 1 heterocycles. The van der Waals surface area contributed by atoms with Gasteiger partial charge in [0.1, 0.15) is 11.8 Å². The van der Waals surface area contributed by atoms with Gasteiger partial charge in [0.15, 0.2) is 6.61 Å². The van der Waals surface area contributed by atoms with Crippen molar-refractivity contribution < 1.29 is 19.1 Å². The zero-order valence-electron chi connectivity index (χ0n) is 14.8. The molecule has 1 saturated carbocycles. The van der Waals surface area contributed by atoms with Crippen molar-refractivity contribution in [2.75, 3.05) is 13.2 Å². The lowest BCUT2D eigenvalue weighted by Gasteiger charge is -2.35. The minimum Gasteiger partial charge on any atom is -0.479 e. The highest BCUT2D eigenvalue weighted by Crippen LogP contribution is 2.38. The summed E-state index contributed by atoms with van der Waals surface area (Å²) in [5.41, 5.74) is 1.84. The average Bonchev–Trinajstić information content (AvgIpc) is 3.45. The molecule has 136 valence electrons. The molecule has 7 heteroatoms. The lowest BCUT2D eigenvalue weighted by molar-refractivity contribution is -0.139. The molecule has 1 aromatic rings. The van der Waals surface area contributed by atoms with Gasteiger partial charge < -0.3 is 14.8 Å². The van der Waals surface area contributed by atoms with Gasteiger partial charge in [0.2, 0.25) is 0 Å². The standard InChI is InChI=1S/C19H21N3O4/c1-3-25-18(23)16-12(2)22(14-6-7-14)19(24)21-17(16)13-4-8-15(9-5-13)26-11-10-20/h4-5,8-9,14,17H,3,6-7,11H2,1-2H3,(H,21,24)/t17-/m0/s1. The van der Waals surface area contributed by atoms with Crippen molar-refractivity contribution in [2.24, 2.45) is 0 Å². The Morgan fingerprint density at radius 3 is 2.62 bits per heavy atom. The summed E-state index contributed by atoms with van der Waals surface area (Å²) in [6, 6.07) is 8.26. The number of amides is 2. The number of rotatable bonds is 6. The maximum Gasteiger partial charge on any atom is 0.338 e. The fourth-order valence-electron chi connectivity index (χ4n) is 3.13. The van der Waals surface area contributed by atoms with E-state index in [4.69, 9.17) is 14.7 Å². The number of carbonyl (C=O) groups is 2. The van der Waals surface area contributed by atoms with E-state index in [0.29, 0.717) is 17.0 Å². The molecular weight excluding hydrogens is 334 g/mol. The number of allylic oxidation sites excluding steroid dienone is 1. The van der Waals surface area contributed by atoms with E-state index in [9.17, 15) is 9.59 Å². The molecule has 1 N–H and O–H groups in total. The van der Waals surface area contributed by atoms with E-state index in [-0.39, 0.29) is 25.3 Å². The molecule has 2 aliphatic rings. The van der Waals surface area contributed by atoms with E-state index in [1.807, 2.05) is 6.07 Å². The van der Waals surface area contributed by atoms with Gasteiger partial charge in [-0.15, -0.1) is 0 Å². The number of nitrogens with zero attached hydrogens (tertiary/aromatic N) is 2. The van der Waals surface area contributed by atoms with Gasteiger partial charge in [-0.2, -0.15) is 5.26 Å². The Labute approximate surface area is 152 Å². The highest BCUT2D eigenvalue weighted by Gasteiger charge is 2.42. The topological polar surface area (TPSA) is 91.7 Å². The zero-order chi connectivity index (χ0) is 18.7. The van der Waals surface area contributed by atoms with Gasteiger partial charge in [0.25, 0.3) is 0 Å². The van der Waals surface area contributed by atoms with E-state index in [1.54, 1.807) is 43.0 Å². The highest BCUT2D eigenvalue weighted by atomic mass is 16.5. The van der Waals surface area contributed by atoms with Crippen molar-refractivity contribution in [3.8, 4) is 11.8 Å². The van der Waals surface area contributed by atoms with Crippen molar-refractivity contribution in [1.82, 2.24) is 10.2 Å². The number of hydrogen-bond donors (Lipinski definition) is 1. The maximum absolute atomic E-state index is 12.6. The van der Waals surface area contributed by atoms with Crippen molar-refractivity contribution in [3.63, 3.8) is 0 Å². The predicted molar refractivity (Wildman–Crippen MR) is 93.0 cm³/mol. The molecule has 1 aromatic carbocycles. The number of urea groups is 1.